The fourth-order valence-electron chi connectivity index (χ4n) is 1.88. The van der Waals surface area contributed by atoms with Crippen LogP contribution in [0.25, 0.3) is 22.2 Å². The van der Waals surface area contributed by atoms with Gasteiger partial charge in [-0.25, -0.2) is 4.98 Å². The molecule has 0 aliphatic heterocycles. The van der Waals surface area contributed by atoms with Crippen LogP contribution in [-0.2, 0) is 0 Å². The first kappa shape index (κ1) is 10.2. The Hall–Kier alpha value is -1.93. The number of pyridine rings is 2. The van der Waals surface area contributed by atoms with E-state index in [1.54, 1.807) is 12.3 Å². The third-order valence-corrected chi connectivity index (χ3v) is 2.85. The van der Waals surface area contributed by atoms with Crippen molar-refractivity contribution in [1.82, 2.24) is 9.97 Å². The molecule has 2 nitrogen and oxygen atoms in total. The van der Waals surface area contributed by atoms with Crippen LogP contribution in [0.4, 0.5) is 0 Å². The van der Waals surface area contributed by atoms with Gasteiger partial charge in [-0.05, 0) is 24.3 Å². The highest BCUT2D eigenvalue weighted by atomic mass is 35.5. The number of hydrogen-bond donors (Lipinski definition) is 0. The van der Waals surface area contributed by atoms with Gasteiger partial charge >= 0.3 is 0 Å². The van der Waals surface area contributed by atoms with Crippen LogP contribution >= 0.6 is 11.6 Å². The van der Waals surface area contributed by atoms with Crippen molar-refractivity contribution in [3.05, 3.63) is 59.9 Å². The first-order valence-electron chi connectivity index (χ1n) is 5.31. The average Bonchev–Trinajstić information content (AvgIpc) is 2.38. The van der Waals surface area contributed by atoms with Crippen molar-refractivity contribution >= 4 is 22.5 Å². The number of benzene rings is 1. The molecule has 1 aromatic carbocycles. The van der Waals surface area contributed by atoms with Crippen molar-refractivity contribution in [3.8, 4) is 11.3 Å². The molecule has 0 aliphatic rings. The van der Waals surface area contributed by atoms with Crippen molar-refractivity contribution in [2.45, 2.75) is 0 Å². The van der Waals surface area contributed by atoms with E-state index in [0.29, 0.717) is 5.15 Å². The summed E-state index contributed by atoms with van der Waals surface area (Å²) >= 11 is 5.92. The van der Waals surface area contributed by atoms with Crippen LogP contribution in [0, 0.1) is 0 Å². The second-order valence-electron chi connectivity index (χ2n) is 3.72. The molecule has 0 radical (unpaired) electrons. The van der Waals surface area contributed by atoms with E-state index in [4.69, 9.17) is 11.6 Å². The molecule has 3 aromatic rings. The van der Waals surface area contributed by atoms with E-state index in [1.807, 2.05) is 42.5 Å². The van der Waals surface area contributed by atoms with Gasteiger partial charge in [0.1, 0.15) is 5.15 Å². The molecule has 17 heavy (non-hydrogen) atoms. The topological polar surface area (TPSA) is 25.8 Å². The highest BCUT2D eigenvalue weighted by Crippen LogP contribution is 2.26. The Bertz CT molecular complexity index is 674. The fraction of sp³-hybridized carbons (Fsp3) is 0. The number of aromatic nitrogens is 2. The summed E-state index contributed by atoms with van der Waals surface area (Å²) in [6.07, 6.45) is 1.79. The van der Waals surface area contributed by atoms with Gasteiger partial charge in [-0.3, -0.25) is 4.98 Å². The summed E-state index contributed by atoms with van der Waals surface area (Å²) in [7, 11) is 0. The minimum absolute atomic E-state index is 0.503. The van der Waals surface area contributed by atoms with Gasteiger partial charge in [0.2, 0.25) is 0 Å². The standard InChI is InChI=1S/C14H9ClN2/c15-14-8-2-7-13(17-14)11-4-1-6-12-10(11)5-3-9-16-12/h1-9H. The lowest BCUT2D eigenvalue weighted by molar-refractivity contribution is 1.33. The normalized spacial score (nSPS) is 10.6. The van der Waals surface area contributed by atoms with Gasteiger partial charge in [0, 0.05) is 17.1 Å². The third kappa shape index (κ3) is 1.87. The molecule has 3 rings (SSSR count). The van der Waals surface area contributed by atoms with Crippen molar-refractivity contribution in [2.24, 2.45) is 0 Å². The van der Waals surface area contributed by atoms with E-state index in [2.05, 4.69) is 9.97 Å². The Morgan fingerprint density at radius 3 is 2.65 bits per heavy atom. The highest BCUT2D eigenvalue weighted by Gasteiger charge is 2.05. The second kappa shape index (κ2) is 4.15. The summed E-state index contributed by atoms with van der Waals surface area (Å²) in [6.45, 7) is 0. The first-order valence-corrected chi connectivity index (χ1v) is 5.69. The van der Waals surface area contributed by atoms with Crippen molar-refractivity contribution in [1.29, 1.82) is 0 Å². The molecule has 0 fully saturated rings. The van der Waals surface area contributed by atoms with Crippen molar-refractivity contribution in [2.75, 3.05) is 0 Å². The van der Waals surface area contributed by atoms with Gasteiger partial charge < -0.3 is 0 Å². The van der Waals surface area contributed by atoms with Crippen LogP contribution in [0.1, 0.15) is 0 Å². The molecule has 3 heteroatoms. The molecule has 0 spiro atoms. The van der Waals surface area contributed by atoms with E-state index in [0.717, 1.165) is 22.2 Å². The molecular formula is C14H9ClN2. The maximum absolute atomic E-state index is 5.92. The lowest BCUT2D eigenvalue weighted by Crippen LogP contribution is -1.86. The summed E-state index contributed by atoms with van der Waals surface area (Å²) < 4.78 is 0. The van der Waals surface area contributed by atoms with Gasteiger partial charge in [-0.15, -0.1) is 0 Å². The Morgan fingerprint density at radius 2 is 1.76 bits per heavy atom. The maximum atomic E-state index is 5.92. The monoisotopic (exact) mass is 240 g/mol. The summed E-state index contributed by atoms with van der Waals surface area (Å²) in [5.74, 6) is 0. The Kier molecular flexibility index (Phi) is 2.50. The fourth-order valence-corrected chi connectivity index (χ4v) is 2.05. The van der Waals surface area contributed by atoms with Gasteiger partial charge in [0.25, 0.3) is 0 Å². The van der Waals surface area contributed by atoms with Gasteiger partial charge in [-0.1, -0.05) is 35.9 Å². The largest absolute Gasteiger partial charge is 0.256 e. The molecule has 0 saturated carbocycles. The zero-order chi connectivity index (χ0) is 11.7. The molecule has 2 heterocycles. The highest BCUT2D eigenvalue weighted by molar-refractivity contribution is 6.29. The molecule has 0 saturated heterocycles. The third-order valence-electron chi connectivity index (χ3n) is 2.64. The van der Waals surface area contributed by atoms with Gasteiger partial charge in [0.05, 0.1) is 11.2 Å². The zero-order valence-corrected chi connectivity index (χ0v) is 9.72. The van der Waals surface area contributed by atoms with Crippen molar-refractivity contribution in [3.63, 3.8) is 0 Å². The van der Waals surface area contributed by atoms with E-state index in [9.17, 15) is 0 Å². The summed E-state index contributed by atoms with van der Waals surface area (Å²) in [5, 5.41) is 1.59. The van der Waals surface area contributed by atoms with Crippen LogP contribution in [0.2, 0.25) is 5.15 Å². The molecule has 0 atom stereocenters. The molecule has 0 aliphatic carbocycles. The molecule has 2 aromatic heterocycles. The first-order chi connectivity index (χ1) is 8.34. The average molecular weight is 241 g/mol. The number of halogens is 1. The van der Waals surface area contributed by atoms with Gasteiger partial charge in [-0.2, -0.15) is 0 Å². The van der Waals surface area contributed by atoms with Crippen LogP contribution in [0.3, 0.4) is 0 Å². The molecule has 0 amide bonds. The summed E-state index contributed by atoms with van der Waals surface area (Å²) in [4.78, 5) is 8.66. The zero-order valence-electron chi connectivity index (χ0n) is 8.97. The number of fused-ring (bicyclic) bond motifs is 1. The maximum Gasteiger partial charge on any atom is 0.129 e. The minimum Gasteiger partial charge on any atom is -0.256 e. The molecule has 0 unspecified atom stereocenters. The predicted molar refractivity (Wildman–Crippen MR) is 70.0 cm³/mol. The molecule has 0 N–H and O–H groups in total. The van der Waals surface area contributed by atoms with Crippen molar-refractivity contribution < 1.29 is 0 Å². The van der Waals surface area contributed by atoms with Gasteiger partial charge in [0.15, 0.2) is 0 Å². The lowest BCUT2D eigenvalue weighted by atomic mass is 10.1. The Balaban J connectivity index is 2.30. The van der Waals surface area contributed by atoms with Crippen LogP contribution in [0.15, 0.2) is 54.7 Å². The summed E-state index contributed by atoms with van der Waals surface area (Å²) in [5.41, 5.74) is 2.89. The lowest BCUT2D eigenvalue weighted by Gasteiger charge is -2.05. The number of rotatable bonds is 1. The number of hydrogen-bond acceptors (Lipinski definition) is 2. The second-order valence-corrected chi connectivity index (χ2v) is 4.11. The SMILES string of the molecule is Clc1cccc(-c2cccc3ncccc23)n1. The van der Waals surface area contributed by atoms with Crippen LogP contribution in [0.5, 0.6) is 0 Å². The van der Waals surface area contributed by atoms with E-state index >= 15 is 0 Å². The predicted octanol–water partition coefficient (Wildman–Crippen LogP) is 3.95. The number of nitrogens with zero attached hydrogens (tertiary/aromatic N) is 2. The smallest absolute Gasteiger partial charge is 0.129 e. The Morgan fingerprint density at radius 1 is 0.882 bits per heavy atom. The minimum atomic E-state index is 0.503. The van der Waals surface area contributed by atoms with E-state index < -0.39 is 0 Å². The van der Waals surface area contributed by atoms with Crippen LogP contribution < -0.4 is 0 Å². The summed E-state index contributed by atoms with van der Waals surface area (Å²) in [6, 6.07) is 15.6. The van der Waals surface area contributed by atoms with E-state index in [1.165, 1.54) is 0 Å². The Labute approximate surface area is 104 Å². The van der Waals surface area contributed by atoms with Crippen LogP contribution in [-0.4, -0.2) is 9.97 Å². The molecule has 0 bridgehead atoms. The molecule has 82 valence electrons. The molecular weight excluding hydrogens is 232 g/mol. The quantitative estimate of drug-likeness (QED) is 0.602. The van der Waals surface area contributed by atoms with E-state index in [-0.39, 0.29) is 0 Å².